The summed E-state index contributed by atoms with van der Waals surface area (Å²) in [6, 6.07) is 7.26. The zero-order chi connectivity index (χ0) is 22.1. The van der Waals surface area contributed by atoms with Crippen molar-refractivity contribution in [3.05, 3.63) is 59.2 Å². The van der Waals surface area contributed by atoms with E-state index in [4.69, 9.17) is 0 Å². The van der Waals surface area contributed by atoms with E-state index in [9.17, 15) is 26.8 Å². The van der Waals surface area contributed by atoms with E-state index in [-0.39, 0.29) is 29.3 Å². The van der Waals surface area contributed by atoms with Gasteiger partial charge >= 0.3 is 0 Å². The number of sulfonamides is 1. The topological polar surface area (TPSA) is 86.8 Å². The molecule has 7 nitrogen and oxygen atoms in total. The van der Waals surface area contributed by atoms with E-state index in [1.807, 2.05) is 0 Å². The molecule has 1 aliphatic rings. The molecular formula is C20H21F2N3O4S. The van der Waals surface area contributed by atoms with Crippen LogP contribution in [0.2, 0.25) is 0 Å². The Balaban J connectivity index is 1.62. The van der Waals surface area contributed by atoms with Gasteiger partial charge in [0.05, 0.1) is 10.5 Å². The first-order valence-electron chi connectivity index (χ1n) is 9.20. The van der Waals surface area contributed by atoms with E-state index in [0.29, 0.717) is 24.7 Å². The summed E-state index contributed by atoms with van der Waals surface area (Å²) in [4.78, 5) is 26.3. The monoisotopic (exact) mass is 437 g/mol. The largest absolute Gasteiger partial charge is 0.351 e. The molecule has 3 rings (SSSR count). The molecule has 0 unspecified atom stereocenters. The molecule has 160 valence electrons. The van der Waals surface area contributed by atoms with Crippen LogP contribution in [0.15, 0.2) is 41.3 Å². The van der Waals surface area contributed by atoms with Gasteiger partial charge in [-0.2, -0.15) is 0 Å². The maximum atomic E-state index is 13.6. The molecule has 0 aliphatic carbocycles. The van der Waals surface area contributed by atoms with Crippen molar-refractivity contribution < 1.29 is 26.8 Å². The highest BCUT2D eigenvalue weighted by Crippen LogP contribution is 2.31. The maximum Gasteiger partial charge on any atom is 0.254 e. The average molecular weight is 437 g/mol. The van der Waals surface area contributed by atoms with Crippen LogP contribution in [0.5, 0.6) is 0 Å². The molecule has 1 N–H and O–H groups in total. The van der Waals surface area contributed by atoms with Gasteiger partial charge in [-0.15, -0.1) is 0 Å². The molecule has 0 bridgehead atoms. The molecule has 1 aliphatic heterocycles. The maximum absolute atomic E-state index is 13.6. The Morgan fingerprint density at radius 2 is 1.87 bits per heavy atom. The molecule has 0 atom stereocenters. The lowest BCUT2D eigenvalue weighted by Crippen LogP contribution is -2.33. The molecule has 2 amide bonds. The van der Waals surface area contributed by atoms with Crippen LogP contribution in [0.4, 0.5) is 14.5 Å². The second-order valence-corrected chi connectivity index (χ2v) is 9.16. The molecule has 2 aromatic rings. The van der Waals surface area contributed by atoms with E-state index in [2.05, 4.69) is 5.32 Å². The summed E-state index contributed by atoms with van der Waals surface area (Å²) >= 11 is 0. The third kappa shape index (κ3) is 4.34. The number of benzene rings is 2. The SMILES string of the molecule is CN(C)S(=O)(=O)c1ccc2c(c1)CCN2C(=O)CCNC(=O)c1ccc(F)cc1F. The molecule has 0 spiro atoms. The third-order valence-electron chi connectivity index (χ3n) is 4.83. The number of carbonyl (C=O) groups excluding carboxylic acids is 2. The van der Waals surface area contributed by atoms with Crippen LogP contribution in [0.3, 0.4) is 0 Å². The lowest BCUT2D eigenvalue weighted by Gasteiger charge is -2.18. The lowest BCUT2D eigenvalue weighted by atomic mass is 10.2. The minimum Gasteiger partial charge on any atom is -0.351 e. The van der Waals surface area contributed by atoms with Crippen LogP contribution < -0.4 is 10.2 Å². The lowest BCUT2D eigenvalue weighted by molar-refractivity contribution is -0.118. The Labute approximate surface area is 173 Å². The highest BCUT2D eigenvalue weighted by atomic mass is 32.2. The fourth-order valence-corrected chi connectivity index (χ4v) is 4.15. The van der Waals surface area contributed by atoms with Crippen molar-refractivity contribution in [3.63, 3.8) is 0 Å². The standard InChI is InChI=1S/C20H21F2N3O4S/c1-24(2)30(28,29)15-4-6-18-13(11-15)8-10-25(18)19(26)7-9-23-20(27)16-5-3-14(21)12-17(16)22/h3-6,11-12H,7-10H2,1-2H3,(H,23,27). The van der Waals surface area contributed by atoms with E-state index < -0.39 is 27.6 Å². The third-order valence-corrected chi connectivity index (χ3v) is 6.64. The first kappa shape index (κ1) is 21.8. The molecule has 30 heavy (non-hydrogen) atoms. The molecule has 1 heterocycles. The highest BCUT2D eigenvalue weighted by Gasteiger charge is 2.27. The number of hydrogen-bond acceptors (Lipinski definition) is 4. The minimum absolute atomic E-state index is 0.0204. The number of nitrogens with one attached hydrogen (secondary N) is 1. The van der Waals surface area contributed by atoms with Crippen LogP contribution in [-0.2, 0) is 21.2 Å². The number of carbonyl (C=O) groups is 2. The normalized spacial score (nSPS) is 13.4. The van der Waals surface area contributed by atoms with Gasteiger partial charge in [-0.05, 0) is 42.3 Å². The van der Waals surface area contributed by atoms with Gasteiger partial charge in [0.25, 0.3) is 5.91 Å². The number of anilines is 1. The Bertz CT molecular complexity index is 1100. The van der Waals surface area contributed by atoms with Crippen LogP contribution >= 0.6 is 0 Å². The van der Waals surface area contributed by atoms with E-state index in [0.717, 1.165) is 22.0 Å². The smallest absolute Gasteiger partial charge is 0.254 e. The molecule has 2 aromatic carbocycles. The molecular weight excluding hydrogens is 416 g/mol. The van der Waals surface area contributed by atoms with Crippen LogP contribution in [0, 0.1) is 11.6 Å². The van der Waals surface area contributed by atoms with Gasteiger partial charge in [0.2, 0.25) is 15.9 Å². The summed E-state index contributed by atoms with van der Waals surface area (Å²) < 4.78 is 52.2. The van der Waals surface area contributed by atoms with Gasteiger partial charge in [-0.1, -0.05) is 0 Å². The van der Waals surface area contributed by atoms with Crippen molar-refractivity contribution in [2.45, 2.75) is 17.7 Å². The first-order chi connectivity index (χ1) is 14.1. The van der Waals surface area contributed by atoms with Gasteiger partial charge in [-0.25, -0.2) is 21.5 Å². The second kappa shape index (κ2) is 8.49. The molecule has 10 heteroatoms. The van der Waals surface area contributed by atoms with Crippen molar-refractivity contribution in [3.8, 4) is 0 Å². The van der Waals surface area contributed by atoms with Crippen LogP contribution in [0.1, 0.15) is 22.3 Å². The highest BCUT2D eigenvalue weighted by molar-refractivity contribution is 7.89. The number of fused-ring (bicyclic) bond motifs is 1. The quantitative estimate of drug-likeness (QED) is 0.748. The Kier molecular flexibility index (Phi) is 6.18. The molecule has 0 radical (unpaired) electrons. The summed E-state index contributed by atoms with van der Waals surface area (Å²) in [6.45, 7) is 0.383. The predicted molar refractivity (Wildman–Crippen MR) is 107 cm³/mol. The fourth-order valence-electron chi connectivity index (χ4n) is 3.20. The van der Waals surface area contributed by atoms with Crippen LogP contribution in [0.25, 0.3) is 0 Å². The van der Waals surface area contributed by atoms with Gasteiger partial charge in [0.15, 0.2) is 0 Å². The number of rotatable bonds is 6. The predicted octanol–water partition coefficient (Wildman–Crippen LogP) is 1.92. The molecule has 0 aromatic heterocycles. The number of hydrogen-bond donors (Lipinski definition) is 1. The van der Waals surface area contributed by atoms with E-state index in [1.54, 1.807) is 12.1 Å². The Hall–Kier alpha value is -2.85. The van der Waals surface area contributed by atoms with E-state index >= 15 is 0 Å². The Morgan fingerprint density at radius 3 is 2.53 bits per heavy atom. The minimum atomic E-state index is -3.56. The first-order valence-corrected chi connectivity index (χ1v) is 10.6. The summed E-state index contributed by atoms with van der Waals surface area (Å²) in [5.74, 6) is -2.75. The average Bonchev–Trinajstić information content (AvgIpc) is 3.11. The van der Waals surface area contributed by atoms with E-state index in [1.165, 1.54) is 25.1 Å². The zero-order valence-corrected chi connectivity index (χ0v) is 17.3. The van der Waals surface area contributed by atoms with Crippen LogP contribution in [-0.4, -0.2) is 51.7 Å². The molecule has 0 saturated heterocycles. The molecule has 0 saturated carbocycles. The number of amides is 2. The van der Waals surface area contributed by atoms with Crippen molar-refractivity contribution in [1.82, 2.24) is 9.62 Å². The second-order valence-electron chi connectivity index (χ2n) is 7.00. The summed E-state index contributed by atoms with van der Waals surface area (Å²) in [5.41, 5.74) is 1.09. The summed E-state index contributed by atoms with van der Waals surface area (Å²) in [5, 5.41) is 2.45. The Morgan fingerprint density at radius 1 is 1.13 bits per heavy atom. The summed E-state index contributed by atoms with van der Waals surface area (Å²) in [6.07, 6.45) is 0.497. The van der Waals surface area contributed by atoms with Crippen molar-refractivity contribution in [1.29, 1.82) is 0 Å². The van der Waals surface area contributed by atoms with Crippen molar-refractivity contribution in [2.24, 2.45) is 0 Å². The zero-order valence-electron chi connectivity index (χ0n) is 16.5. The van der Waals surface area contributed by atoms with Crippen molar-refractivity contribution >= 4 is 27.5 Å². The van der Waals surface area contributed by atoms with Gasteiger partial charge in [0.1, 0.15) is 11.6 Å². The summed E-state index contributed by atoms with van der Waals surface area (Å²) in [7, 11) is -0.666. The van der Waals surface area contributed by atoms with Gasteiger partial charge in [0, 0.05) is 45.4 Å². The van der Waals surface area contributed by atoms with Gasteiger partial charge < -0.3 is 10.2 Å². The fraction of sp³-hybridized carbons (Fsp3) is 0.300. The van der Waals surface area contributed by atoms with Gasteiger partial charge in [-0.3, -0.25) is 9.59 Å². The van der Waals surface area contributed by atoms with Crippen molar-refractivity contribution in [2.75, 3.05) is 32.1 Å². The molecule has 0 fully saturated rings. The number of halogens is 2. The number of nitrogens with zero attached hydrogens (tertiary/aromatic N) is 2.